The molecule has 0 spiro atoms. The molecule has 0 saturated heterocycles. The molecule has 1 aromatic heterocycles. The maximum absolute atomic E-state index is 11.7. The third-order valence-corrected chi connectivity index (χ3v) is 3.38. The molecule has 0 bridgehead atoms. The highest BCUT2D eigenvalue weighted by Crippen LogP contribution is 2.14. The lowest BCUT2D eigenvalue weighted by Crippen LogP contribution is -2.37. The third kappa shape index (κ3) is 4.79. The Morgan fingerprint density at radius 2 is 2.05 bits per heavy atom. The molecular weight excluding hydrogens is 266 g/mol. The van der Waals surface area contributed by atoms with Crippen LogP contribution in [0.4, 0.5) is 4.79 Å². The average molecular weight is 289 g/mol. The molecule has 4 N–H and O–H groups in total. The van der Waals surface area contributed by atoms with Gasteiger partial charge in [-0.1, -0.05) is 25.1 Å². The van der Waals surface area contributed by atoms with Crippen LogP contribution in [0.2, 0.25) is 0 Å². The lowest BCUT2D eigenvalue weighted by Gasteiger charge is -2.14. The van der Waals surface area contributed by atoms with E-state index in [1.807, 2.05) is 37.3 Å². The number of H-pyrrole nitrogens is 1. The number of hydrogen-bond acceptors (Lipinski definition) is 2. The fourth-order valence-electron chi connectivity index (χ4n) is 2.40. The van der Waals surface area contributed by atoms with E-state index in [9.17, 15) is 9.90 Å². The van der Waals surface area contributed by atoms with E-state index in [0.717, 1.165) is 16.6 Å². The molecule has 114 valence electrons. The molecule has 21 heavy (non-hydrogen) atoms. The van der Waals surface area contributed by atoms with Gasteiger partial charge in [0.05, 0.1) is 12.6 Å². The zero-order valence-electron chi connectivity index (χ0n) is 12.5. The maximum Gasteiger partial charge on any atom is 0.315 e. The number of aromatic amines is 1. The van der Waals surface area contributed by atoms with Crippen molar-refractivity contribution < 1.29 is 9.90 Å². The van der Waals surface area contributed by atoms with Crippen molar-refractivity contribution >= 4 is 16.9 Å². The standard InChI is InChI=1S/C16H23N3O2/c1-11(7-12(2)20)9-17-16(21)18-10-14-8-13-5-3-4-6-15(13)19-14/h3-6,8,11-12,19-20H,7,9-10H2,1-2H3,(H2,17,18,21). The van der Waals surface area contributed by atoms with Gasteiger partial charge in [-0.2, -0.15) is 0 Å². The molecular formula is C16H23N3O2. The number of benzene rings is 1. The number of para-hydroxylation sites is 1. The molecule has 5 heteroatoms. The van der Waals surface area contributed by atoms with Gasteiger partial charge in [-0.05, 0) is 36.8 Å². The maximum atomic E-state index is 11.7. The zero-order valence-corrected chi connectivity index (χ0v) is 12.5. The first kappa shape index (κ1) is 15.4. The van der Waals surface area contributed by atoms with Gasteiger partial charge in [-0.3, -0.25) is 0 Å². The summed E-state index contributed by atoms with van der Waals surface area (Å²) >= 11 is 0. The van der Waals surface area contributed by atoms with Gasteiger partial charge in [0.25, 0.3) is 0 Å². The fourth-order valence-corrected chi connectivity index (χ4v) is 2.40. The van der Waals surface area contributed by atoms with Gasteiger partial charge in [0.1, 0.15) is 0 Å². The second kappa shape index (κ2) is 7.13. The fraction of sp³-hybridized carbons (Fsp3) is 0.438. The second-order valence-electron chi connectivity index (χ2n) is 5.64. The molecule has 1 aromatic carbocycles. The van der Waals surface area contributed by atoms with Crippen molar-refractivity contribution in [1.29, 1.82) is 0 Å². The Labute approximate surface area is 124 Å². The molecule has 2 rings (SSSR count). The Hall–Kier alpha value is -2.01. The van der Waals surface area contributed by atoms with Crippen molar-refractivity contribution in [2.45, 2.75) is 32.9 Å². The van der Waals surface area contributed by atoms with Crippen molar-refractivity contribution in [3.05, 3.63) is 36.0 Å². The van der Waals surface area contributed by atoms with Crippen molar-refractivity contribution in [2.75, 3.05) is 6.54 Å². The summed E-state index contributed by atoms with van der Waals surface area (Å²) in [6.07, 6.45) is 0.346. The van der Waals surface area contributed by atoms with Crippen LogP contribution < -0.4 is 10.6 Å². The number of amides is 2. The average Bonchev–Trinajstić information content (AvgIpc) is 2.85. The zero-order chi connectivity index (χ0) is 15.2. The monoisotopic (exact) mass is 289 g/mol. The second-order valence-corrected chi connectivity index (χ2v) is 5.64. The van der Waals surface area contributed by atoms with Gasteiger partial charge >= 0.3 is 6.03 Å². The van der Waals surface area contributed by atoms with Gasteiger partial charge in [0, 0.05) is 17.8 Å². The number of urea groups is 1. The topological polar surface area (TPSA) is 77.2 Å². The number of rotatable bonds is 6. The molecule has 0 radical (unpaired) electrons. The highest BCUT2D eigenvalue weighted by Gasteiger charge is 2.08. The molecule has 2 unspecified atom stereocenters. The van der Waals surface area contributed by atoms with E-state index in [-0.39, 0.29) is 18.1 Å². The van der Waals surface area contributed by atoms with Crippen molar-refractivity contribution in [1.82, 2.24) is 15.6 Å². The quantitative estimate of drug-likeness (QED) is 0.659. The van der Waals surface area contributed by atoms with Crippen LogP contribution in [0.3, 0.4) is 0 Å². The summed E-state index contributed by atoms with van der Waals surface area (Å²) in [4.78, 5) is 15.0. The molecule has 2 atom stereocenters. The summed E-state index contributed by atoms with van der Waals surface area (Å²) in [5.74, 6) is 0.254. The number of aliphatic hydroxyl groups is 1. The van der Waals surface area contributed by atoms with Crippen molar-refractivity contribution in [3.63, 3.8) is 0 Å². The number of carbonyl (C=O) groups excluding carboxylic acids is 1. The Balaban J connectivity index is 1.76. The van der Waals surface area contributed by atoms with E-state index < -0.39 is 0 Å². The van der Waals surface area contributed by atoms with Crippen molar-refractivity contribution in [2.24, 2.45) is 5.92 Å². The number of aromatic nitrogens is 1. The molecule has 5 nitrogen and oxygen atoms in total. The predicted octanol–water partition coefficient (Wildman–Crippen LogP) is 2.37. The van der Waals surface area contributed by atoms with Crippen LogP contribution in [0, 0.1) is 5.92 Å². The minimum Gasteiger partial charge on any atom is -0.393 e. The van der Waals surface area contributed by atoms with E-state index in [4.69, 9.17) is 0 Å². The van der Waals surface area contributed by atoms with E-state index in [1.165, 1.54) is 0 Å². The van der Waals surface area contributed by atoms with Gasteiger partial charge in [-0.25, -0.2) is 4.79 Å². The molecule has 2 amide bonds. The molecule has 0 aliphatic heterocycles. The van der Waals surface area contributed by atoms with Gasteiger partial charge in [0.2, 0.25) is 0 Å². The van der Waals surface area contributed by atoms with Gasteiger partial charge in [0.15, 0.2) is 0 Å². The third-order valence-electron chi connectivity index (χ3n) is 3.38. The highest BCUT2D eigenvalue weighted by molar-refractivity contribution is 5.80. The lowest BCUT2D eigenvalue weighted by atomic mass is 10.1. The number of carbonyl (C=O) groups is 1. The minimum atomic E-state index is -0.337. The number of nitrogens with one attached hydrogen (secondary N) is 3. The highest BCUT2D eigenvalue weighted by atomic mass is 16.3. The summed E-state index contributed by atoms with van der Waals surface area (Å²) in [6, 6.07) is 9.86. The van der Waals surface area contributed by atoms with E-state index in [1.54, 1.807) is 6.92 Å². The molecule has 0 saturated carbocycles. The predicted molar refractivity (Wildman–Crippen MR) is 84.0 cm³/mol. The summed E-state index contributed by atoms with van der Waals surface area (Å²) in [6.45, 7) is 4.78. The van der Waals surface area contributed by atoms with Gasteiger partial charge < -0.3 is 20.7 Å². The Morgan fingerprint density at radius 3 is 2.76 bits per heavy atom. The van der Waals surface area contributed by atoms with E-state index in [2.05, 4.69) is 15.6 Å². The number of fused-ring (bicyclic) bond motifs is 1. The Bertz CT molecular complexity index is 559. The Kier molecular flexibility index (Phi) is 5.22. The van der Waals surface area contributed by atoms with Crippen LogP contribution in [-0.2, 0) is 6.54 Å². The molecule has 0 fully saturated rings. The largest absolute Gasteiger partial charge is 0.393 e. The van der Waals surface area contributed by atoms with Crippen LogP contribution in [-0.4, -0.2) is 28.8 Å². The van der Waals surface area contributed by atoms with Crippen LogP contribution in [0.1, 0.15) is 26.0 Å². The normalized spacial score (nSPS) is 13.9. The first-order valence-corrected chi connectivity index (χ1v) is 7.31. The SMILES string of the molecule is CC(O)CC(C)CNC(=O)NCc1cc2ccccc2[nH]1. The minimum absolute atomic E-state index is 0.189. The molecule has 1 heterocycles. The summed E-state index contributed by atoms with van der Waals surface area (Å²) < 4.78 is 0. The molecule has 0 aliphatic carbocycles. The van der Waals surface area contributed by atoms with Crippen LogP contribution >= 0.6 is 0 Å². The summed E-state index contributed by atoms with van der Waals surface area (Å²) in [5.41, 5.74) is 2.05. The first-order valence-electron chi connectivity index (χ1n) is 7.31. The van der Waals surface area contributed by atoms with Crippen LogP contribution in [0.25, 0.3) is 10.9 Å². The Morgan fingerprint density at radius 1 is 1.29 bits per heavy atom. The van der Waals surface area contributed by atoms with Crippen LogP contribution in [0.15, 0.2) is 30.3 Å². The smallest absolute Gasteiger partial charge is 0.315 e. The van der Waals surface area contributed by atoms with Crippen molar-refractivity contribution in [3.8, 4) is 0 Å². The lowest BCUT2D eigenvalue weighted by molar-refractivity contribution is 0.163. The summed E-state index contributed by atoms with van der Waals surface area (Å²) in [7, 11) is 0. The van der Waals surface area contributed by atoms with Gasteiger partial charge in [-0.15, -0.1) is 0 Å². The van der Waals surface area contributed by atoms with Crippen LogP contribution in [0.5, 0.6) is 0 Å². The summed E-state index contributed by atoms with van der Waals surface area (Å²) in [5, 5.41) is 16.1. The van der Waals surface area contributed by atoms with E-state index in [0.29, 0.717) is 19.5 Å². The van der Waals surface area contributed by atoms with E-state index >= 15 is 0 Å². The number of hydrogen-bond donors (Lipinski definition) is 4. The number of aliphatic hydroxyl groups excluding tert-OH is 1. The first-order chi connectivity index (χ1) is 10.0. The molecule has 0 aliphatic rings. The molecule has 2 aromatic rings.